The van der Waals surface area contributed by atoms with E-state index in [-0.39, 0.29) is 0 Å². The molecular formula is C10H7N5S. The zero-order valence-corrected chi connectivity index (χ0v) is 8.98. The number of aromatic nitrogens is 5. The number of hydrogen-bond acceptors (Lipinski definition) is 5. The highest BCUT2D eigenvalue weighted by Crippen LogP contribution is 2.26. The Bertz CT molecular complexity index is 602. The van der Waals surface area contributed by atoms with Gasteiger partial charge < -0.3 is 4.98 Å². The monoisotopic (exact) mass is 229 g/mol. The number of hydrogen-bond donors (Lipinski definition) is 1. The Morgan fingerprint density at radius 3 is 2.94 bits per heavy atom. The Balaban J connectivity index is 2.10. The molecule has 0 aliphatic carbocycles. The topological polar surface area (TPSA) is 67.3 Å². The van der Waals surface area contributed by atoms with Crippen LogP contribution in [0.2, 0.25) is 0 Å². The smallest absolute Gasteiger partial charge is 0.171 e. The first-order chi connectivity index (χ1) is 7.93. The fraction of sp³-hybridized carbons (Fsp3) is 0. The predicted molar refractivity (Wildman–Crippen MR) is 60.0 cm³/mol. The van der Waals surface area contributed by atoms with Crippen LogP contribution < -0.4 is 0 Å². The van der Waals surface area contributed by atoms with Gasteiger partial charge in [0.25, 0.3) is 0 Å². The zero-order valence-electron chi connectivity index (χ0n) is 8.16. The summed E-state index contributed by atoms with van der Waals surface area (Å²) in [6.07, 6.45) is 6.76. The highest BCUT2D eigenvalue weighted by atomic mass is 32.2. The molecule has 6 heteroatoms. The van der Waals surface area contributed by atoms with Crippen molar-refractivity contribution in [3.63, 3.8) is 0 Å². The van der Waals surface area contributed by atoms with E-state index in [1.165, 1.54) is 18.1 Å². The van der Waals surface area contributed by atoms with E-state index >= 15 is 0 Å². The quantitative estimate of drug-likeness (QED) is 0.680. The molecule has 16 heavy (non-hydrogen) atoms. The van der Waals surface area contributed by atoms with Gasteiger partial charge in [0.1, 0.15) is 16.9 Å². The summed E-state index contributed by atoms with van der Waals surface area (Å²) in [5.41, 5.74) is 1.64. The Hall–Kier alpha value is -1.95. The number of aromatic amines is 1. The lowest BCUT2D eigenvalue weighted by molar-refractivity contribution is 1.03. The van der Waals surface area contributed by atoms with Crippen molar-refractivity contribution in [2.24, 2.45) is 0 Å². The average molecular weight is 229 g/mol. The highest BCUT2D eigenvalue weighted by molar-refractivity contribution is 7.99. The molecule has 78 valence electrons. The highest BCUT2D eigenvalue weighted by Gasteiger charge is 2.07. The van der Waals surface area contributed by atoms with Gasteiger partial charge >= 0.3 is 0 Å². The maximum atomic E-state index is 4.27. The SMILES string of the molecule is c1cnc2c(Sc3ncc[nH]3)ncnc2c1. The summed E-state index contributed by atoms with van der Waals surface area (Å²) in [6, 6.07) is 3.77. The fourth-order valence-electron chi connectivity index (χ4n) is 1.34. The van der Waals surface area contributed by atoms with Gasteiger partial charge in [-0.3, -0.25) is 4.98 Å². The van der Waals surface area contributed by atoms with Crippen molar-refractivity contribution in [1.29, 1.82) is 0 Å². The molecule has 1 N–H and O–H groups in total. The summed E-state index contributed by atoms with van der Waals surface area (Å²) in [6.45, 7) is 0. The number of nitrogens with one attached hydrogen (secondary N) is 1. The molecule has 3 rings (SSSR count). The minimum atomic E-state index is 0.797. The molecule has 0 fully saturated rings. The van der Waals surface area contributed by atoms with E-state index in [0.717, 1.165) is 21.2 Å². The number of imidazole rings is 1. The third kappa shape index (κ3) is 1.63. The Kier molecular flexibility index (Phi) is 2.26. The predicted octanol–water partition coefficient (Wildman–Crippen LogP) is 1.90. The van der Waals surface area contributed by atoms with E-state index in [2.05, 4.69) is 24.9 Å². The van der Waals surface area contributed by atoms with Crippen LogP contribution in [0.25, 0.3) is 11.0 Å². The Labute approximate surface area is 95.4 Å². The van der Waals surface area contributed by atoms with Crippen LogP contribution in [0, 0.1) is 0 Å². The van der Waals surface area contributed by atoms with Crippen molar-refractivity contribution < 1.29 is 0 Å². The Morgan fingerprint density at radius 2 is 2.06 bits per heavy atom. The number of H-pyrrole nitrogens is 1. The molecule has 5 nitrogen and oxygen atoms in total. The van der Waals surface area contributed by atoms with E-state index in [1.807, 2.05) is 12.1 Å². The van der Waals surface area contributed by atoms with E-state index in [9.17, 15) is 0 Å². The van der Waals surface area contributed by atoms with Gasteiger partial charge in [0, 0.05) is 18.6 Å². The largest absolute Gasteiger partial charge is 0.339 e. The molecule has 0 saturated heterocycles. The van der Waals surface area contributed by atoms with Gasteiger partial charge in [-0.1, -0.05) is 0 Å². The van der Waals surface area contributed by atoms with Crippen molar-refractivity contribution in [2.75, 3.05) is 0 Å². The fourth-order valence-corrected chi connectivity index (χ4v) is 2.12. The Morgan fingerprint density at radius 1 is 1.06 bits per heavy atom. The molecule has 0 saturated carbocycles. The molecule has 0 aliphatic heterocycles. The molecular weight excluding hydrogens is 222 g/mol. The van der Waals surface area contributed by atoms with Crippen LogP contribution in [-0.4, -0.2) is 24.9 Å². The van der Waals surface area contributed by atoms with Gasteiger partial charge in [0.05, 0.1) is 5.52 Å². The second kappa shape index (κ2) is 3.90. The van der Waals surface area contributed by atoms with Crippen LogP contribution in [0.15, 0.2) is 47.2 Å². The zero-order chi connectivity index (χ0) is 10.8. The minimum Gasteiger partial charge on any atom is -0.339 e. The average Bonchev–Trinajstić information content (AvgIpc) is 2.82. The van der Waals surface area contributed by atoms with Crippen molar-refractivity contribution in [2.45, 2.75) is 10.2 Å². The summed E-state index contributed by atoms with van der Waals surface area (Å²) in [4.78, 5) is 19.8. The molecule has 0 unspecified atom stereocenters. The van der Waals surface area contributed by atoms with E-state index in [4.69, 9.17) is 0 Å². The third-order valence-electron chi connectivity index (χ3n) is 2.03. The molecule has 0 radical (unpaired) electrons. The summed E-state index contributed by atoms with van der Waals surface area (Å²) in [5.74, 6) is 0. The maximum absolute atomic E-state index is 4.27. The first kappa shape index (κ1) is 9.29. The van der Waals surface area contributed by atoms with Crippen LogP contribution in [0.4, 0.5) is 0 Å². The number of fused-ring (bicyclic) bond motifs is 1. The van der Waals surface area contributed by atoms with Crippen LogP contribution in [0.3, 0.4) is 0 Å². The van der Waals surface area contributed by atoms with E-state index in [0.29, 0.717) is 0 Å². The number of pyridine rings is 1. The second-order valence-electron chi connectivity index (χ2n) is 3.05. The van der Waals surface area contributed by atoms with Gasteiger partial charge in [0.2, 0.25) is 0 Å². The van der Waals surface area contributed by atoms with Crippen molar-refractivity contribution in [3.05, 3.63) is 37.1 Å². The van der Waals surface area contributed by atoms with Gasteiger partial charge in [-0.25, -0.2) is 15.0 Å². The molecule has 0 amide bonds. The van der Waals surface area contributed by atoms with Crippen LogP contribution in [0.1, 0.15) is 0 Å². The summed E-state index contributed by atoms with van der Waals surface area (Å²) in [5, 5.41) is 1.60. The lowest BCUT2D eigenvalue weighted by Crippen LogP contribution is -1.89. The maximum Gasteiger partial charge on any atom is 0.171 e. The first-order valence-corrected chi connectivity index (χ1v) is 5.48. The van der Waals surface area contributed by atoms with Crippen LogP contribution in [-0.2, 0) is 0 Å². The molecule has 0 spiro atoms. The van der Waals surface area contributed by atoms with Crippen molar-refractivity contribution in [3.8, 4) is 0 Å². The van der Waals surface area contributed by atoms with Crippen molar-refractivity contribution >= 4 is 22.8 Å². The van der Waals surface area contributed by atoms with E-state index < -0.39 is 0 Å². The van der Waals surface area contributed by atoms with Crippen molar-refractivity contribution in [1.82, 2.24) is 24.9 Å². The van der Waals surface area contributed by atoms with Crippen LogP contribution in [0.5, 0.6) is 0 Å². The molecule has 0 atom stereocenters. The summed E-state index contributed by atoms with van der Waals surface area (Å²) >= 11 is 1.44. The molecule has 3 aromatic rings. The standard InChI is InChI=1S/C10H7N5S/c1-2-7-8(11-3-1)9(15-6-14-7)16-10-12-4-5-13-10/h1-6H,(H,12,13). The van der Waals surface area contributed by atoms with Gasteiger partial charge in [-0.05, 0) is 23.9 Å². The third-order valence-corrected chi connectivity index (χ3v) is 2.94. The summed E-state index contributed by atoms with van der Waals surface area (Å²) < 4.78 is 0. The molecule has 0 aliphatic rings. The van der Waals surface area contributed by atoms with Crippen LogP contribution >= 0.6 is 11.8 Å². The normalized spacial score (nSPS) is 10.8. The van der Waals surface area contributed by atoms with Gasteiger partial charge in [0.15, 0.2) is 5.16 Å². The molecule has 0 bridgehead atoms. The number of rotatable bonds is 2. The second-order valence-corrected chi connectivity index (χ2v) is 4.02. The lowest BCUT2D eigenvalue weighted by Gasteiger charge is -2.00. The van der Waals surface area contributed by atoms with Gasteiger partial charge in [-0.15, -0.1) is 0 Å². The molecule has 0 aromatic carbocycles. The number of nitrogens with zero attached hydrogens (tertiary/aromatic N) is 4. The molecule has 3 heterocycles. The minimum absolute atomic E-state index is 0.797. The van der Waals surface area contributed by atoms with E-state index in [1.54, 1.807) is 18.6 Å². The first-order valence-electron chi connectivity index (χ1n) is 4.66. The summed E-state index contributed by atoms with van der Waals surface area (Å²) in [7, 11) is 0. The molecule has 3 aromatic heterocycles. The van der Waals surface area contributed by atoms with Gasteiger partial charge in [-0.2, -0.15) is 0 Å². The lowest BCUT2D eigenvalue weighted by atomic mass is 10.4.